The standard InChI is InChI=1S/C21H22N2O3/c1-3-23(16-8-6-7-15(2)13-16)12-11-22-21(25)20-14-18(24)17-9-4-5-10-19(17)26-20/h4-10,13-14H,3,11-12H2,1-2H3,(H,22,25). The second-order valence-electron chi connectivity index (χ2n) is 6.15. The van der Waals surface area contributed by atoms with Crippen LogP contribution in [0.15, 0.2) is 63.8 Å². The van der Waals surface area contributed by atoms with Crippen LogP contribution in [0.25, 0.3) is 11.0 Å². The first-order valence-electron chi connectivity index (χ1n) is 8.71. The molecule has 0 radical (unpaired) electrons. The number of nitrogens with one attached hydrogen (secondary N) is 1. The summed E-state index contributed by atoms with van der Waals surface area (Å²) in [5, 5.41) is 3.30. The van der Waals surface area contributed by atoms with Crippen LogP contribution in [0.3, 0.4) is 0 Å². The Labute approximate surface area is 152 Å². The summed E-state index contributed by atoms with van der Waals surface area (Å²) in [5.74, 6) is -0.347. The average Bonchev–Trinajstić information content (AvgIpc) is 2.65. The molecule has 3 aromatic rings. The van der Waals surface area contributed by atoms with E-state index in [9.17, 15) is 9.59 Å². The lowest BCUT2D eigenvalue weighted by Gasteiger charge is -2.23. The largest absolute Gasteiger partial charge is 0.451 e. The van der Waals surface area contributed by atoms with Gasteiger partial charge in [-0.25, -0.2) is 0 Å². The SMILES string of the molecule is CCN(CCNC(=O)c1cc(=O)c2ccccc2o1)c1cccc(C)c1. The van der Waals surface area contributed by atoms with E-state index in [0.717, 1.165) is 12.2 Å². The van der Waals surface area contributed by atoms with Crippen LogP contribution in [-0.2, 0) is 0 Å². The van der Waals surface area contributed by atoms with E-state index in [0.29, 0.717) is 24.1 Å². The van der Waals surface area contributed by atoms with Crippen molar-refractivity contribution in [1.82, 2.24) is 5.32 Å². The molecular formula is C21H22N2O3. The van der Waals surface area contributed by atoms with Crippen molar-refractivity contribution in [3.63, 3.8) is 0 Å². The highest BCUT2D eigenvalue weighted by Crippen LogP contribution is 2.15. The maximum Gasteiger partial charge on any atom is 0.287 e. The number of carbonyl (C=O) groups excluding carboxylic acids is 1. The third-order valence-corrected chi connectivity index (χ3v) is 4.27. The van der Waals surface area contributed by atoms with Gasteiger partial charge >= 0.3 is 0 Å². The Kier molecular flexibility index (Phi) is 5.37. The van der Waals surface area contributed by atoms with Gasteiger partial charge in [0, 0.05) is 31.4 Å². The molecule has 0 saturated carbocycles. The third-order valence-electron chi connectivity index (χ3n) is 4.27. The maximum atomic E-state index is 12.3. The predicted molar refractivity (Wildman–Crippen MR) is 104 cm³/mol. The molecule has 0 aliphatic heterocycles. The molecule has 1 amide bonds. The number of anilines is 1. The Hall–Kier alpha value is -3.08. The molecular weight excluding hydrogens is 328 g/mol. The zero-order chi connectivity index (χ0) is 18.5. The number of amides is 1. The fourth-order valence-electron chi connectivity index (χ4n) is 2.90. The highest BCUT2D eigenvalue weighted by molar-refractivity contribution is 5.93. The summed E-state index contributed by atoms with van der Waals surface area (Å²) in [6.45, 7) is 6.10. The lowest BCUT2D eigenvalue weighted by Crippen LogP contribution is -2.35. The monoisotopic (exact) mass is 350 g/mol. The van der Waals surface area contributed by atoms with Crippen molar-refractivity contribution < 1.29 is 9.21 Å². The summed E-state index contributed by atoms with van der Waals surface area (Å²) in [6, 6.07) is 16.4. The summed E-state index contributed by atoms with van der Waals surface area (Å²) in [7, 11) is 0. The minimum atomic E-state index is -0.381. The van der Waals surface area contributed by atoms with Crippen LogP contribution in [0.1, 0.15) is 23.0 Å². The molecule has 0 aliphatic carbocycles. The van der Waals surface area contributed by atoms with Crippen LogP contribution in [0.2, 0.25) is 0 Å². The number of benzene rings is 2. The molecule has 0 saturated heterocycles. The molecule has 1 aromatic heterocycles. The van der Waals surface area contributed by atoms with E-state index in [1.807, 2.05) is 6.07 Å². The van der Waals surface area contributed by atoms with Gasteiger partial charge in [0.2, 0.25) is 0 Å². The van der Waals surface area contributed by atoms with Gasteiger partial charge in [-0.05, 0) is 43.7 Å². The van der Waals surface area contributed by atoms with Gasteiger partial charge in [0.15, 0.2) is 11.2 Å². The van der Waals surface area contributed by atoms with Crippen molar-refractivity contribution in [2.24, 2.45) is 0 Å². The minimum absolute atomic E-state index is 0.0345. The summed E-state index contributed by atoms with van der Waals surface area (Å²) in [6.07, 6.45) is 0. The number of fused-ring (bicyclic) bond motifs is 1. The van der Waals surface area contributed by atoms with Crippen molar-refractivity contribution in [1.29, 1.82) is 0 Å². The second-order valence-corrected chi connectivity index (χ2v) is 6.15. The minimum Gasteiger partial charge on any atom is -0.451 e. The third kappa shape index (κ3) is 3.94. The molecule has 5 nitrogen and oxygen atoms in total. The summed E-state index contributed by atoms with van der Waals surface area (Å²) >= 11 is 0. The van der Waals surface area contributed by atoms with Gasteiger partial charge in [-0.3, -0.25) is 9.59 Å². The van der Waals surface area contributed by atoms with Gasteiger partial charge in [0.25, 0.3) is 5.91 Å². The van der Waals surface area contributed by atoms with Gasteiger partial charge in [-0.2, -0.15) is 0 Å². The summed E-state index contributed by atoms with van der Waals surface area (Å²) in [4.78, 5) is 26.6. The Morgan fingerprint density at radius 3 is 2.69 bits per heavy atom. The van der Waals surface area contributed by atoms with E-state index in [4.69, 9.17) is 4.42 Å². The Bertz CT molecular complexity index is 978. The first kappa shape index (κ1) is 17.7. The lowest BCUT2D eigenvalue weighted by atomic mass is 10.2. The van der Waals surface area contributed by atoms with Crippen LogP contribution in [0.5, 0.6) is 0 Å². The van der Waals surface area contributed by atoms with E-state index in [-0.39, 0.29) is 17.1 Å². The number of para-hydroxylation sites is 1. The molecule has 0 spiro atoms. The van der Waals surface area contributed by atoms with Gasteiger partial charge < -0.3 is 14.6 Å². The number of likely N-dealkylation sites (N-methyl/N-ethyl adjacent to an activating group) is 1. The molecule has 0 aliphatic rings. The first-order valence-corrected chi connectivity index (χ1v) is 8.71. The van der Waals surface area contributed by atoms with E-state index in [1.54, 1.807) is 24.3 Å². The molecule has 0 fully saturated rings. The Morgan fingerprint density at radius 2 is 1.92 bits per heavy atom. The van der Waals surface area contributed by atoms with Crippen molar-refractivity contribution in [3.05, 3.63) is 76.1 Å². The zero-order valence-electron chi connectivity index (χ0n) is 15.0. The second kappa shape index (κ2) is 7.87. The van der Waals surface area contributed by atoms with E-state index in [1.165, 1.54) is 11.6 Å². The van der Waals surface area contributed by atoms with E-state index in [2.05, 4.69) is 42.3 Å². The highest BCUT2D eigenvalue weighted by atomic mass is 16.3. The highest BCUT2D eigenvalue weighted by Gasteiger charge is 2.12. The topological polar surface area (TPSA) is 62.6 Å². The number of aryl methyl sites for hydroxylation is 1. The smallest absolute Gasteiger partial charge is 0.287 e. The Morgan fingerprint density at radius 1 is 1.12 bits per heavy atom. The van der Waals surface area contributed by atoms with Crippen LogP contribution >= 0.6 is 0 Å². The van der Waals surface area contributed by atoms with Gasteiger partial charge in [0.05, 0.1) is 5.39 Å². The zero-order valence-corrected chi connectivity index (χ0v) is 15.0. The molecule has 1 heterocycles. The normalized spacial score (nSPS) is 10.7. The molecule has 2 aromatic carbocycles. The molecule has 1 N–H and O–H groups in total. The van der Waals surface area contributed by atoms with Crippen LogP contribution < -0.4 is 15.6 Å². The van der Waals surface area contributed by atoms with Crippen molar-refractivity contribution in [2.75, 3.05) is 24.5 Å². The maximum absolute atomic E-state index is 12.3. The first-order chi connectivity index (χ1) is 12.6. The Balaban J connectivity index is 1.66. The lowest BCUT2D eigenvalue weighted by molar-refractivity contribution is 0.0927. The number of nitrogens with zero attached hydrogens (tertiary/aromatic N) is 1. The number of hydrogen-bond acceptors (Lipinski definition) is 4. The van der Waals surface area contributed by atoms with Crippen LogP contribution in [0, 0.1) is 6.92 Å². The van der Waals surface area contributed by atoms with Crippen LogP contribution in [-0.4, -0.2) is 25.5 Å². The molecule has 0 unspecified atom stereocenters. The molecule has 3 rings (SSSR count). The number of carbonyl (C=O) groups is 1. The molecule has 0 bridgehead atoms. The molecule has 134 valence electrons. The van der Waals surface area contributed by atoms with E-state index >= 15 is 0 Å². The molecule has 26 heavy (non-hydrogen) atoms. The van der Waals surface area contributed by atoms with Crippen molar-refractivity contribution in [2.45, 2.75) is 13.8 Å². The fourth-order valence-corrected chi connectivity index (χ4v) is 2.90. The summed E-state index contributed by atoms with van der Waals surface area (Å²) < 4.78 is 5.56. The van der Waals surface area contributed by atoms with Gasteiger partial charge in [0.1, 0.15) is 5.58 Å². The predicted octanol–water partition coefficient (Wildman–Crippen LogP) is 3.36. The number of hydrogen-bond donors (Lipinski definition) is 1. The summed E-state index contributed by atoms with van der Waals surface area (Å²) in [5.41, 5.74) is 2.52. The molecule has 5 heteroatoms. The average molecular weight is 350 g/mol. The number of rotatable bonds is 6. The van der Waals surface area contributed by atoms with Crippen molar-refractivity contribution >= 4 is 22.6 Å². The molecule has 0 atom stereocenters. The quantitative estimate of drug-likeness (QED) is 0.740. The van der Waals surface area contributed by atoms with Crippen LogP contribution in [0.4, 0.5) is 5.69 Å². The fraction of sp³-hybridized carbons (Fsp3) is 0.238. The van der Waals surface area contributed by atoms with Gasteiger partial charge in [-0.15, -0.1) is 0 Å². The van der Waals surface area contributed by atoms with E-state index < -0.39 is 0 Å². The van der Waals surface area contributed by atoms with Crippen molar-refractivity contribution in [3.8, 4) is 0 Å². The van der Waals surface area contributed by atoms with Gasteiger partial charge in [-0.1, -0.05) is 24.3 Å².